The first kappa shape index (κ1) is 20.1. The van der Waals surface area contributed by atoms with Crippen LogP contribution in [0.5, 0.6) is 5.75 Å². The molecule has 1 heterocycles. The summed E-state index contributed by atoms with van der Waals surface area (Å²) in [5.74, 6) is -0.567. The normalized spacial score (nSPS) is 14.5. The van der Waals surface area contributed by atoms with Gasteiger partial charge in [0.1, 0.15) is 17.0 Å². The molecule has 0 bridgehead atoms. The fourth-order valence-electron chi connectivity index (χ4n) is 3.11. The minimum Gasteiger partial charge on any atom is -0.462 e. The fourth-order valence-corrected chi connectivity index (χ4v) is 3.11. The lowest BCUT2D eigenvalue weighted by molar-refractivity contribution is -0.113. The third-order valence-electron chi connectivity index (χ3n) is 4.53. The monoisotopic (exact) mass is 412 g/mol. The molecule has 6 nitrogen and oxygen atoms in total. The lowest BCUT2D eigenvalue weighted by Gasteiger charge is -2.18. The molecule has 0 aromatic heterocycles. The molecule has 1 aliphatic heterocycles. The van der Waals surface area contributed by atoms with E-state index < -0.39 is 5.97 Å². The Morgan fingerprint density at radius 3 is 2.29 bits per heavy atom. The van der Waals surface area contributed by atoms with Crippen molar-refractivity contribution in [1.29, 1.82) is 0 Å². The van der Waals surface area contributed by atoms with Crippen LogP contribution in [0, 0.1) is 0 Å². The third kappa shape index (κ3) is 4.38. The van der Waals surface area contributed by atoms with Gasteiger partial charge in [0.2, 0.25) is 0 Å². The van der Waals surface area contributed by atoms with Gasteiger partial charge in [-0.25, -0.2) is 9.69 Å². The fraction of sp³-hybridized carbons (Fsp3) is 0.0800. The van der Waals surface area contributed by atoms with Crippen molar-refractivity contribution in [1.82, 2.24) is 0 Å². The van der Waals surface area contributed by atoms with Gasteiger partial charge in [0.25, 0.3) is 5.91 Å². The summed E-state index contributed by atoms with van der Waals surface area (Å²) >= 11 is 0. The molecule has 154 valence electrons. The second kappa shape index (κ2) is 9.09. The van der Waals surface area contributed by atoms with E-state index in [0.717, 1.165) is 5.56 Å². The standard InChI is InChI=1S/C25H20N2O4/c1-2-30-24(29)20-15-9-10-16-22(20)31-25-26-21(17-18-11-5-3-6-12-18)23(28)27(25)19-13-7-4-8-14-19/h3-17H,2H2,1H3/b21-17+. The van der Waals surface area contributed by atoms with Crippen LogP contribution >= 0.6 is 0 Å². The van der Waals surface area contributed by atoms with Crippen LogP contribution in [0.15, 0.2) is 95.6 Å². The summed E-state index contributed by atoms with van der Waals surface area (Å²) in [6.07, 6.45) is 1.70. The Hall–Kier alpha value is -4.19. The van der Waals surface area contributed by atoms with E-state index in [1.54, 1.807) is 49.4 Å². The highest BCUT2D eigenvalue weighted by molar-refractivity contribution is 6.27. The molecule has 0 spiro atoms. The van der Waals surface area contributed by atoms with Crippen LogP contribution in [0.1, 0.15) is 22.8 Å². The van der Waals surface area contributed by atoms with Crippen molar-refractivity contribution in [2.75, 3.05) is 11.5 Å². The van der Waals surface area contributed by atoms with Crippen LogP contribution in [0.25, 0.3) is 6.08 Å². The van der Waals surface area contributed by atoms with Gasteiger partial charge >= 0.3 is 12.0 Å². The van der Waals surface area contributed by atoms with Crippen LogP contribution < -0.4 is 9.64 Å². The van der Waals surface area contributed by atoms with Gasteiger partial charge in [0.15, 0.2) is 0 Å². The first-order valence-corrected chi connectivity index (χ1v) is 9.86. The maximum absolute atomic E-state index is 13.2. The highest BCUT2D eigenvalue weighted by Gasteiger charge is 2.34. The summed E-state index contributed by atoms with van der Waals surface area (Å²) in [5.41, 5.74) is 1.94. The zero-order chi connectivity index (χ0) is 21.6. The lowest BCUT2D eigenvalue weighted by atomic mass is 10.2. The van der Waals surface area contributed by atoms with Crippen LogP contribution in [0.2, 0.25) is 0 Å². The van der Waals surface area contributed by atoms with Crippen molar-refractivity contribution in [3.05, 3.63) is 102 Å². The maximum Gasteiger partial charge on any atom is 0.341 e. The van der Waals surface area contributed by atoms with Gasteiger partial charge in [0, 0.05) is 0 Å². The largest absolute Gasteiger partial charge is 0.462 e. The summed E-state index contributed by atoms with van der Waals surface area (Å²) in [6.45, 7) is 1.98. The molecule has 3 aromatic rings. The minimum absolute atomic E-state index is 0.0649. The summed E-state index contributed by atoms with van der Waals surface area (Å²) in [4.78, 5) is 31.4. The number of carbonyl (C=O) groups is 2. The molecular formula is C25H20N2O4. The minimum atomic E-state index is -0.505. The van der Waals surface area contributed by atoms with E-state index in [9.17, 15) is 9.59 Å². The first-order valence-electron chi connectivity index (χ1n) is 9.86. The van der Waals surface area contributed by atoms with Gasteiger partial charge < -0.3 is 9.47 Å². The average molecular weight is 412 g/mol. The van der Waals surface area contributed by atoms with Crippen molar-refractivity contribution in [2.45, 2.75) is 6.92 Å². The van der Waals surface area contributed by atoms with Gasteiger partial charge in [-0.05, 0) is 42.8 Å². The van der Waals surface area contributed by atoms with Crippen molar-refractivity contribution < 1.29 is 19.1 Å². The first-order chi connectivity index (χ1) is 15.2. The highest BCUT2D eigenvalue weighted by Crippen LogP contribution is 2.28. The molecule has 0 aliphatic carbocycles. The quantitative estimate of drug-likeness (QED) is 0.451. The molecule has 0 N–H and O–H groups in total. The summed E-state index contributed by atoms with van der Waals surface area (Å²) in [5, 5.41) is 0. The zero-order valence-electron chi connectivity index (χ0n) is 16.9. The Balaban J connectivity index is 1.74. The number of carbonyl (C=O) groups excluding carboxylic acids is 2. The van der Waals surface area contributed by atoms with Crippen molar-refractivity contribution >= 4 is 29.7 Å². The van der Waals surface area contributed by atoms with E-state index in [1.165, 1.54) is 4.90 Å². The van der Waals surface area contributed by atoms with E-state index in [2.05, 4.69) is 4.99 Å². The number of rotatable bonds is 5. The van der Waals surface area contributed by atoms with Gasteiger partial charge in [-0.1, -0.05) is 60.7 Å². The Morgan fingerprint density at radius 1 is 0.935 bits per heavy atom. The van der Waals surface area contributed by atoms with Gasteiger partial charge in [-0.15, -0.1) is 0 Å². The van der Waals surface area contributed by atoms with Crippen molar-refractivity contribution in [3.8, 4) is 5.75 Å². The molecular weight excluding hydrogens is 392 g/mol. The number of nitrogens with zero attached hydrogens (tertiary/aromatic N) is 2. The molecule has 0 radical (unpaired) electrons. The second-order valence-electron chi connectivity index (χ2n) is 6.63. The topological polar surface area (TPSA) is 68.2 Å². The van der Waals surface area contributed by atoms with Crippen molar-refractivity contribution in [2.24, 2.45) is 4.99 Å². The molecule has 0 saturated carbocycles. The average Bonchev–Trinajstić information content (AvgIpc) is 3.10. The molecule has 4 rings (SSSR count). The number of para-hydroxylation sites is 2. The van der Waals surface area contributed by atoms with Crippen LogP contribution in [-0.2, 0) is 9.53 Å². The number of amides is 1. The molecule has 1 aliphatic rings. The zero-order valence-corrected chi connectivity index (χ0v) is 16.9. The number of hydrogen-bond donors (Lipinski definition) is 0. The summed E-state index contributed by atoms with van der Waals surface area (Å²) in [6, 6.07) is 25.3. The SMILES string of the molecule is CCOC(=O)c1ccccc1OC1=N/C(=C/c2ccccc2)C(=O)N1c1ccccc1. The van der Waals surface area contributed by atoms with E-state index >= 15 is 0 Å². The van der Waals surface area contributed by atoms with Crippen LogP contribution in [0.4, 0.5) is 5.69 Å². The number of aliphatic imine (C=N–C) groups is 1. The van der Waals surface area contributed by atoms with E-state index in [-0.39, 0.29) is 35.5 Å². The Kier molecular flexibility index (Phi) is 5.89. The predicted molar refractivity (Wildman–Crippen MR) is 119 cm³/mol. The van der Waals surface area contributed by atoms with E-state index in [1.807, 2.05) is 48.5 Å². The second-order valence-corrected chi connectivity index (χ2v) is 6.63. The number of benzene rings is 3. The molecule has 0 saturated heterocycles. The van der Waals surface area contributed by atoms with Crippen LogP contribution in [0.3, 0.4) is 0 Å². The van der Waals surface area contributed by atoms with E-state index in [4.69, 9.17) is 9.47 Å². The molecule has 0 unspecified atom stereocenters. The van der Waals surface area contributed by atoms with Crippen LogP contribution in [-0.4, -0.2) is 24.5 Å². The summed E-state index contributed by atoms with van der Waals surface area (Å²) < 4.78 is 11.1. The maximum atomic E-state index is 13.2. The molecule has 6 heteroatoms. The lowest BCUT2D eigenvalue weighted by Crippen LogP contribution is -2.35. The molecule has 1 amide bonds. The Bertz CT molecular complexity index is 1150. The Labute approximate surface area is 180 Å². The van der Waals surface area contributed by atoms with Gasteiger partial charge in [0.05, 0.1) is 12.3 Å². The van der Waals surface area contributed by atoms with Gasteiger partial charge in [-0.3, -0.25) is 4.79 Å². The number of amidine groups is 1. The Morgan fingerprint density at radius 2 is 1.58 bits per heavy atom. The highest BCUT2D eigenvalue weighted by atomic mass is 16.5. The smallest absolute Gasteiger partial charge is 0.341 e. The number of hydrogen-bond acceptors (Lipinski definition) is 5. The van der Waals surface area contributed by atoms with Gasteiger partial charge in [-0.2, -0.15) is 4.99 Å². The predicted octanol–water partition coefficient (Wildman–Crippen LogP) is 4.69. The summed E-state index contributed by atoms with van der Waals surface area (Å²) in [7, 11) is 0. The number of esters is 1. The molecule has 3 aromatic carbocycles. The van der Waals surface area contributed by atoms with Crippen molar-refractivity contribution in [3.63, 3.8) is 0 Å². The number of anilines is 1. The third-order valence-corrected chi connectivity index (χ3v) is 4.53. The molecule has 31 heavy (non-hydrogen) atoms. The number of ether oxygens (including phenoxy) is 2. The molecule has 0 fully saturated rings. The molecule has 0 atom stereocenters. The van der Waals surface area contributed by atoms with E-state index in [0.29, 0.717) is 5.69 Å².